The van der Waals surface area contributed by atoms with E-state index < -0.39 is 0 Å². The molecule has 0 saturated carbocycles. The van der Waals surface area contributed by atoms with E-state index in [0.29, 0.717) is 18.8 Å². The molecule has 0 amide bonds. The standard InChI is InChI=1S/C25H33N3O3/c1-4-28-15-13-25(14-16-28)26-21(18-9-11-19(30-3)12-10-18)17-22(27-25)20-7-6-8-23(24(20)29)31-5-2/h6-12,22,27,29H,4-5,13-17H2,1-3H3/t22-/m0/s1. The topological polar surface area (TPSA) is 66.3 Å². The third kappa shape index (κ3) is 4.55. The molecule has 1 atom stereocenters. The van der Waals surface area contributed by atoms with Crippen molar-refractivity contribution in [1.82, 2.24) is 10.2 Å². The second kappa shape index (κ2) is 9.28. The number of aliphatic imine (C=N–C) groups is 1. The van der Waals surface area contributed by atoms with Crippen molar-refractivity contribution in [3.63, 3.8) is 0 Å². The lowest BCUT2D eigenvalue weighted by molar-refractivity contribution is 0.129. The van der Waals surface area contributed by atoms with E-state index in [2.05, 4.69) is 29.3 Å². The molecule has 6 heteroatoms. The molecule has 2 aliphatic rings. The highest BCUT2D eigenvalue weighted by Crippen LogP contribution is 2.40. The Labute approximate surface area is 184 Å². The first-order chi connectivity index (χ1) is 15.1. The number of aromatic hydroxyl groups is 1. The van der Waals surface area contributed by atoms with E-state index in [0.717, 1.165) is 55.1 Å². The monoisotopic (exact) mass is 423 g/mol. The summed E-state index contributed by atoms with van der Waals surface area (Å²) in [6.07, 6.45) is 2.60. The van der Waals surface area contributed by atoms with Gasteiger partial charge in [-0.1, -0.05) is 19.1 Å². The van der Waals surface area contributed by atoms with Gasteiger partial charge in [0.15, 0.2) is 11.5 Å². The fourth-order valence-corrected chi connectivity index (χ4v) is 4.65. The third-order valence-electron chi connectivity index (χ3n) is 6.45. The van der Waals surface area contributed by atoms with Gasteiger partial charge in [-0.2, -0.15) is 0 Å². The molecular formula is C25H33N3O3. The van der Waals surface area contributed by atoms with Gasteiger partial charge >= 0.3 is 0 Å². The molecule has 1 fully saturated rings. The van der Waals surface area contributed by atoms with Crippen molar-refractivity contribution in [3.05, 3.63) is 53.6 Å². The fraction of sp³-hybridized carbons (Fsp3) is 0.480. The van der Waals surface area contributed by atoms with E-state index in [1.807, 2.05) is 37.3 Å². The summed E-state index contributed by atoms with van der Waals surface area (Å²) in [5.41, 5.74) is 2.71. The van der Waals surface area contributed by atoms with E-state index in [1.165, 1.54) is 0 Å². The number of rotatable bonds is 6. The van der Waals surface area contributed by atoms with Gasteiger partial charge in [-0.25, -0.2) is 0 Å². The van der Waals surface area contributed by atoms with Crippen molar-refractivity contribution >= 4 is 5.71 Å². The Morgan fingerprint density at radius 1 is 1.13 bits per heavy atom. The van der Waals surface area contributed by atoms with Gasteiger partial charge in [0.1, 0.15) is 11.4 Å². The molecule has 6 nitrogen and oxygen atoms in total. The van der Waals surface area contributed by atoms with E-state index in [-0.39, 0.29) is 17.5 Å². The van der Waals surface area contributed by atoms with Crippen molar-refractivity contribution in [2.75, 3.05) is 33.4 Å². The number of hydrogen-bond donors (Lipinski definition) is 2. The zero-order chi connectivity index (χ0) is 21.8. The maximum atomic E-state index is 10.9. The summed E-state index contributed by atoms with van der Waals surface area (Å²) in [5.74, 6) is 1.59. The second-order valence-corrected chi connectivity index (χ2v) is 8.28. The van der Waals surface area contributed by atoms with Crippen LogP contribution in [0.1, 0.15) is 50.3 Å². The molecule has 2 aromatic rings. The summed E-state index contributed by atoms with van der Waals surface area (Å²) in [4.78, 5) is 7.72. The van der Waals surface area contributed by atoms with Gasteiger partial charge in [0.2, 0.25) is 0 Å². The van der Waals surface area contributed by atoms with Crippen LogP contribution in [0, 0.1) is 0 Å². The predicted octanol–water partition coefficient (Wildman–Crippen LogP) is 4.14. The first-order valence-corrected chi connectivity index (χ1v) is 11.3. The molecule has 31 heavy (non-hydrogen) atoms. The highest BCUT2D eigenvalue weighted by atomic mass is 16.5. The van der Waals surface area contributed by atoms with Gasteiger partial charge in [-0.15, -0.1) is 0 Å². The van der Waals surface area contributed by atoms with Crippen LogP contribution in [0.3, 0.4) is 0 Å². The molecule has 1 spiro atoms. The number of phenols is 1. The van der Waals surface area contributed by atoms with Gasteiger partial charge in [0.05, 0.1) is 13.7 Å². The van der Waals surface area contributed by atoms with Crippen molar-refractivity contribution in [2.45, 2.75) is 44.8 Å². The lowest BCUT2D eigenvalue weighted by Crippen LogP contribution is -2.56. The first-order valence-electron chi connectivity index (χ1n) is 11.3. The fourth-order valence-electron chi connectivity index (χ4n) is 4.65. The van der Waals surface area contributed by atoms with Gasteiger partial charge in [-0.3, -0.25) is 10.3 Å². The van der Waals surface area contributed by atoms with Crippen LogP contribution in [-0.4, -0.2) is 54.7 Å². The van der Waals surface area contributed by atoms with E-state index in [9.17, 15) is 5.11 Å². The number of nitrogens with zero attached hydrogens (tertiary/aromatic N) is 2. The van der Waals surface area contributed by atoms with Gasteiger partial charge < -0.3 is 19.5 Å². The Bertz CT molecular complexity index is 918. The lowest BCUT2D eigenvalue weighted by atomic mass is 9.87. The molecule has 2 aliphatic heterocycles. The molecule has 0 radical (unpaired) electrons. The number of ether oxygens (including phenoxy) is 2. The summed E-state index contributed by atoms with van der Waals surface area (Å²) in [5, 5.41) is 14.7. The smallest absolute Gasteiger partial charge is 0.162 e. The summed E-state index contributed by atoms with van der Waals surface area (Å²) >= 11 is 0. The zero-order valence-electron chi connectivity index (χ0n) is 18.7. The number of nitrogens with one attached hydrogen (secondary N) is 1. The second-order valence-electron chi connectivity index (χ2n) is 8.28. The van der Waals surface area contributed by atoms with Crippen molar-refractivity contribution in [1.29, 1.82) is 0 Å². The minimum absolute atomic E-state index is 0.0387. The predicted molar refractivity (Wildman–Crippen MR) is 123 cm³/mol. The summed E-state index contributed by atoms with van der Waals surface area (Å²) in [6.45, 7) is 7.74. The van der Waals surface area contributed by atoms with Gasteiger partial charge in [0, 0.05) is 36.8 Å². The quantitative estimate of drug-likeness (QED) is 0.731. The van der Waals surface area contributed by atoms with Crippen LogP contribution in [0.15, 0.2) is 47.5 Å². The molecule has 0 bridgehead atoms. The minimum atomic E-state index is -0.322. The van der Waals surface area contributed by atoms with Crippen LogP contribution >= 0.6 is 0 Å². The number of hydrogen-bond acceptors (Lipinski definition) is 6. The normalized spacial score (nSPS) is 21.0. The van der Waals surface area contributed by atoms with Crippen LogP contribution in [0.25, 0.3) is 0 Å². The summed E-state index contributed by atoms with van der Waals surface area (Å²) in [7, 11) is 1.68. The van der Waals surface area contributed by atoms with Gasteiger partial charge in [0.25, 0.3) is 0 Å². The Hall–Kier alpha value is -2.57. The van der Waals surface area contributed by atoms with E-state index >= 15 is 0 Å². The summed E-state index contributed by atoms with van der Waals surface area (Å²) in [6, 6.07) is 13.8. The maximum absolute atomic E-state index is 10.9. The maximum Gasteiger partial charge on any atom is 0.162 e. The number of para-hydroxylation sites is 1. The Balaban J connectivity index is 1.70. The lowest BCUT2D eigenvalue weighted by Gasteiger charge is -2.45. The Kier molecular flexibility index (Phi) is 6.49. The number of piperidine rings is 1. The molecule has 0 aliphatic carbocycles. The third-order valence-corrected chi connectivity index (χ3v) is 6.45. The van der Waals surface area contributed by atoms with Gasteiger partial charge in [-0.05, 0) is 62.2 Å². The average Bonchev–Trinajstić information content (AvgIpc) is 2.81. The number of benzene rings is 2. The van der Waals surface area contributed by atoms with Crippen LogP contribution in [0.4, 0.5) is 0 Å². The summed E-state index contributed by atoms with van der Waals surface area (Å²) < 4.78 is 11.0. The number of likely N-dealkylation sites (tertiary alicyclic amines) is 1. The number of phenolic OH excluding ortho intramolecular Hbond substituents is 1. The SMILES string of the molecule is CCOc1cccc([C@@H]2CC(c3ccc(OC)cc3)=NC3(CCN(CC)CC3)N2)c1O. The molecule has 0 aromatic heterocycles. The molecule has 0 unspecified atom stereocenters. The van der Waals surface area contributed by atoms with Crippen molar-refractivity contribution in [2.24, 2.45) is 4.99 Å². The van der Waals surface area contributed by atoms with Crippen molar-refractivity contribution in [3.8, 4) is 17.2 Å². The van der Waals surface area contributed by atoms with E-state index in [1.54, 1.807) is 7.11 Å². The largest absolute Gasteiger partial charge is 0.504 e. The minimum Gasteiger partial charge on any atom is -0.504 e. The zero-order valence-corrected chi connectivity index (χ0v) is 18.7. The average molecular weight is 424 g/mol. The molecular weight excluding hydrogens is 390 g/mol. The highest BCUT2D eigenvalue weighted by molar-refractivity contribution is 6.02. The number of methoxy groups -OCH3 is 1. The molecule has 4 rings (SSSR count). The molecule has 1 saturated heterocycles. The molecule has 166 valence electrons. The van der Waals surface area contributed by atoms with Crippen LogP contribution < -0.4 is 14.8 Å². The molecule has 2 heterocycles. The molecule has 2 aromatic carbocycles. The Morgan fingerprint density at radius 3 is 2.52 bits per heavy atom. The van der Waals surface area contributed by atoms with Crippen LogP contribution in [0.5, 0.6) is 17.2 Å². The Morgan fingerprint density at radius 2 is 1.87 bits per heavy atom. The van der Waals surface area contributed by atoms with Crippen LogP contribution in [0.2, 0.25) is 0 Å². The highest BCUT2D eigenvalue weighted by Gasteiger charge is 2.40. The first kappa shape index (κ1) is 21.7. The van der Waals surface area contributed by atoms with E-state index in [4.69, 9.17) is 14.5 Å². The van der Waals surface area contributed by atoms with Crippen molar-refractivity contribution < 1.29 is 14.6 Å². The van der Waals surface area contributed by atoms with Crippen LogP contribution in [-0.2, 0) is 0 Å². The molecule has 2 N–H and O–H groups in total.